The molecule has 3 aromatic heterocycles. The van der Waals surface area contributed by atoms with Gasteiger partial charge in [-0.05, 0) is 71.3 Å². The minimum atomic E-state index is -0.525. The summed E-state index contributed by atoms with van der Waals surface area (Å²) < 4.78 is 7.56. The van der Waals surface area contributed by atoms with Crippen molar-refractivity contribution in [1.82, 2.24) is 14.5 Å². The minimum absolute atomic E-state index is 0.0919. The normalized spacial score (nSPS) is 11.3. The third kappa shape index (κ3) is 7.05. The first-order valence-corrected chi connectivity index (χ1v) is 15.2. The zero-order valence-corrected chi connectivity index (χ0v) is 26.1. The van der Waals surface area contributed by atoms with Gasteiger partial charge in [0.2, 0.25) is 0 Å². The quantitative estimate of drug-likeness (QED) is 0.145. The Morgan fingerprint density at radius 2 is 1.58 bits per heavy atom. The van der Waals surface area contributed by atoms with Crippen molar-refractivity contribution >= 4 is 28.4 Å². The molecule has 0 radical (unpaired) electrons. The number of fused-ring (bicyclic) bond motifs is 1. The van der Waals surface area contributed by atoms with E-state index in [4.69, 9.17) is 4.74 Å². The van der Waals surface area contributed by atoms with Crippen molar-refractivity contribution < 1.29 is 14.6 Å². The van der Waals surface area contributed by atoms with Crippen LogP contribution in [0, 0.1) is 0 Å². The van der Waals surface area contributed by atoms with Gasteiger partial charge < -0.3 is 20.5 Å². The van der Waals surface area contributed by atoms with Crippen molar-refractivity contribution in [3.63, 3.8) is 0 Å². The number of ether oxygens (including phenoxy) is 1. The number of anilines is 2. The molecule has 232 valence electrons. The molecule has 9 nitrogen and oxygen atoms in total. The maximum absolute atomic E-state index is 14.2. The minimum Gasteiger partial charge on any atom is -0.487 e. The number of rotatable bonds is 11. The number of hydrogen-bond donors (Lipinski definition) is 3. The van der Waals surface area contributed by atoms with Gasteiger partial charge in [0.05, 0.1) is 5.69 Å². The molecule has 0 spiro atoms. The number of aliphatic hydroxyl groups is 1. The summed E-state index contributed by atoms with van der Waals surface area (Å²) in [6.45, 7) is 8.75. The number of carbonyl (C=O) groups excluding carboxylic acids is 1. The highest BCUT2D eigenvalue weighted by atomic mass is 16.5. The number of aryl methyl sites for hydroxylation is 1. The van der Waals surface area contributed by atoms with Gasteiger partial charge in [0, 0.05) is 42.2 Å². The van der Waals surface area contributed by atoms with Gasteiger partial charge in [-0.2, -0.15) is 0 Å². The summed E-state index contributed by atoms with van der Waals surface area (Å²) >= 11 is 0. The van der Waals surface area contributed by atoms with Crippen LogP contribution in [-0.4, -0.2) is 32.3 Å². The second-order valence-electron chi connectivity index (χ2n) is 11.5. The fourth-order valence-electron chi connectivity index (χ4n) is 5.47. The fourth-order valence-corrected chi connectivity index (χ4v) is 5.47. The monoisotopic (exact) mass is 605 g/mol. The van der Waals surface area contributed by atoms with Crippen LogP contribution < -0.4 is 20.9 Å². The molecule has 45 heavy (non-hydrogen) atoms. The Bertz CT molecular complexity index is 1820. The number of carbonyl (C=O) groups is 1. The number of nitrogens with one attached hydrogen (secondary N) is 2. The number of pyridine rings is 3. The Morgan fingerprint density at radius 1 is 0.867 bits per heavy atom. The number of aliphatic hydroxyl groups excluding tert-OH is 1. The molecule has 0 unspecified atom stereocenters. The molecule has 3 N–H and O–H groups in total. The molecule has 5 rings (SSSR count). The van der Waals surface area contributed by atoms with Crippen LogP contribution in [0.2, 0.25) is 0 Å². The van der Waals surface area contributed by atoms with Gasteiger partial charge in [-0.1, -0.05) is 64.1 Å². The van der Waals surface area contributed by atoms with Crippen molar-refractivity contribution in [2.75, 3.05) is 17.2 Å². The number of amides is 2. The molecule has 0 fully saturated rings. The van der Waals surface area contributed by atoms with E-state index in [-0.39, 0.29) is 37.3 Å². The van der Waals surface area contributed by atoms with Crippen molar-refractivity contribution in [1.29, 1.82) is 0 Å². The number of benzene rings is 2. The van der Waals surface area contributed by atoms with Crippen LogP contribution in [0.4, 0.5) is 16.2 Å². The summed E-state index contributed by atoms with van der Waals surface area (Å²) in [5.74, 6) is 0.930. The molecule has 0 saturated carbocycles. The molecule has 5 aromatic rings. The average molecular weight is 606 g/mol. The zero-order chi connectivity index (χ0) is 31.9. The smallest absolute Gasteiger partial charge is 0.323 e. The van der Waals surface area contributed by atoms with Crippen molar-refractivity contribution in [3.05, 3.63) is 112 Å². The first kappa shape index (κ1) is 31.4. The second-order valence-corrected chi connectivity index (χ2v) is 11.5. The summed E-state index contributed by atoms with van der Waals surface area (Å²) in [5, 5.41) is 16.2. The molecule has 0 aliphatic rings. The van der Waals surface area contributed by atoms with Gasteiger partial charge in [0.15, 0.2) is 0 Å². The Morgan fingerprint density at radius 3 is 2.27 bits per heavy atom. The van der Waals surface area contributed by atoms with Gasteiger partial charge in [-0.25, -0.2) is 9.78 Å². The van der Waals surface area contributed by atoms with Crippen molar-refractivity contribution in [2.24, 2.45) is 0 Å². The van der Waals surface area contributed by atoms with Crippen molar-refractivity contribution in [3.8, 4) is 16.9 Å². The number of aromatic nitrogens is 3. The van der Waals surface area contributed by atoms with E-state index in [0.29, 0.717) is 34.3 Å². The highest BCUT2D eigenvalue weighted by Gasteiger charge is 2.23. The molecule has 2 amide bonds. The first-order chi connectivity index (χ1) is 21.8. The van der Waals surface area contributed by atoms with E-state index in [0.717, 1.165) is 22.5 Å². The van der Waals surface area contributed by atoms with Crippen LogP contribution >= 0.6 is 0 Å². The Hall–Kier alpha value is -5.02. The first-order valence-electron chi connectivity index (χ1n) is 15.2. The lowest BCUT2D eigenvalue weighted by molar-refractivity contribution is 0.262. The van der Waals surface area contributed by atoms with Gasteiger partial charge in [0.25, 0.3) is 5.56 Å². The molecule has 0 saturated heterocycles. The topological polar surface area (TPSA) is 118 Å². The lowest BCUT2D eigenvalue weighted by Gasteiger charge is -2.22. The molecule has 3 heterocycles. The van der Waals surface area contributed by atoms with Gasteiger partial charge >= 0.3 is 6.03 Å². The second kappa shape index (κ2) is 14.2. The van der Waals surface area contributed by atoms with E-state index in [2.05, 4.69) is 48.3 Å². The van der Waals surface area contributed by atoms with Crippen molar-refractivity contribution in [2.45, 2.75) is 59.1 Å². The molecule has 2 aromatic carbocycles. The summed E-state index contributed by atoms with van der Waals surface area (Å²) in [6.07, 6.45) is 3.70. The summed E-state index contributed by atoms with van der Waals surface area (Å²) in [7, 11) is 0. The van der Waals surface area contributed by atoms with Crippen LogP contribution in [0.3, 0.4) is 0 Å². The Labute approximate surface area is 262 Å². The summed E-state index contributed by atoms with van der Waals surface area (Å²) in [5.41, 5.74) is 4.92. The molecule has 0 aliphatic carbocycles. The zero-order valence-electron chi connectivity index (χ0n) is 26.1. The molecule has 0 atom stereocenters. The standard InChI is InChI=1S/C36H39N5O4/c1-23(2)28-14-8-15-29(24(3)4)32(28)39-36(44)40-33-31(30-16-9-18-38-34(30)41(35(33)43)19-10-20-42)25-11-7-13-27(21-25)45-22-26-12-5-6-17-37-26/h5-9,11-18,21,23-24,42H,10,19-20,22H2,1-4H3,(H2,39,40,44). The Kier molecular flexibility index (Phi) is 9.89. The van der Waals surface area contributed by atoms with Gasteiger partial charge in [-0.3, -0.25) is 14.3 Å². The van der Waals surface area contributed by atoms with E-state index in [9.17, 15) is 14.7 Å². The molecular weight excluding hydrogens is 566 g/mol. The van der Waals surface area contributed by atoms with E-state index in [1.807, 2.05) is 66.7 Å². The third-order valence-corrected chi connectivity index (χ3v) is 7.65. The maximum Gasteiger partial charge on any atom is 0.323 e. The third-order valence-electron chi connectivity index (χ3n) is 7.65. The predicted molar refractivity (Wildman–Crippen MR) is 179 cm³/mol. The lowest BCUT2D eigenvalue weighted by atomic mass is 9.93. The van der Waals surface area contributed by atoms with Gasteiger partial charge in [-0.15, -0.1) is 0 Å². The lowest BCUT2D eigenvalue weighted by Crippen LogP contribution is -2.30. The summed E-state index contributed by atoms with van der Waals surface area (Å²) in [4.78, 5) is 36.8. The van der Waals surface area contributed by atoms with Crippen LogP contribution in [0.5, 0.6) is 5.75 Å². The van der Waals surface area contributed by atoms with E-state index < -0.39 is 11.6 Å². The predicted octanol–water partition coefficient (Wildman–Crippen LogP) is 7.31. The average Bonchev–Trinajstić information content (AvgIpc) is 3.04. The molecular formula is C36H39N5O4. The van der Waals surface area contributed by atoms with Crippen LogP contribution in [0.25, 0.3) is 22.2 Å². The summed E-state index contributed by atoms with van der Waals surface area (Å²) in [6, 6.07) is 22.2. The van der Waals surface area contributed by atoms with E-state index in [1.165, 1.54) is 4.57 Å². The number of nitrogens with zero attached hydrogens (tertiary/aromatic N) is 3. The highest BCUT2D eigenvalue weighted by Crippen LogP contribution is 2.36. The number of hydrogen-bond acceptors (Lipinski definition) is 6. The van der Waals surface area contributed by atoms with Crippen LogP contribution in [0.15, 0.2) is 90.0 Å². The van der Waals surface area contributed by atoms with Crippen LogP contribution in [-0.2, 0) is 13.2 Å². The van der Waals surface area contributed by atoms with Gasteiger partial charge in [0.1, 0.15) is 23.7 Å². The molecule has 9 heteroatoms. The number of para-hydroxylation sites is 1. The fraction of sp³-hybridized carbons (Fsp3) is 0.278. The number of urea groups is 1. The largest absolute Gasteiger partial charge is 0.487 e. The maximum atomic E-state index is 14.2. The highest BCUT2D eigenvalue weighted by molar-refractivity contribution is 6.07. The van der Waals surface area contributed by atoms with E-state index in [1.54, 1.807) is 18.5 Å². The van der Waals surface area contributed by atoms with E-state index >= 15 is 0 Å². The Balaban J connectivity index is 1.61. The SMILES string of the molecule is CC(C)c1cccc(C(C)C)c1NC(=O)Nc1c(-c2cccc(OCc3ccccn3)c2)c2cccnc2n(CCCO)c1=O. The molecule has 0 bridgehead atoms. The molecule has 0 aliphatic heterocycles. The van der Waals surface area contributed by atoms with Crippen LogP contribution in [0.1, 0.15) is 62.8 Å².